The number of primary amides is 1. The van der Waals surface area contributed by atoms with Crippen LogP contribution in [0.3, 0.4) is 0 Å². The second-order valence-corrected chi connectivity index (χ2v) is 8.87. The molecule has 1 aromatic rings. The highest BCUT2D eigenvalue weighted by Crippen LogP contribution is 2.42. The van der Waals surface area contributed by atoms with E-state index in [0.717, 1.165) is 63.0 Å². The van der Waals surface area contributed by atoms with Crippen LogP contribution in [0.5, 0.6) is 0 Å². The number of nitrogens with zero attached hydrogens (tertiary/aromatic N) is 1. The first-order valence-corrected chi connectivity index (χ1v) is 10.7. The number of fused-ring (bicyclic) bond motifs is 2. The third kappa shape index (κ3) is 3.88. The van der Waals surface area contributed by atoms with Gasteiger partial charge in [-0.05, 0) is 62.5 Å². The molecule has 6 heteroatoms. The van der Waals surface area contributed by atoms with Crippen LogP contribution in [0.25, 0.3) is 0 Å². The van der Waals surface area contributed by atoms with Gasteiger partial charge in [-0.2, -0.15) is 0 Å². The van der Waals surface area contributed by atoms with Crippen LogP contribution in [0, 0.1) is 23.7 Å². The summed E-state index contributed by atoms with van der Waals surface area (Å²) in [4.78, 5) is 26.7. The van der Waals surface area contributed by atoms with E-state index in [1.165, 1.54) is 6.42 Å². The van der Waals surface area contributed by atoms with Gasteiger partial charge in [-0.3, -0.25) is 9.59 Å². The molecule has 0 spiro atoms. The van der Waals surface area contributed by atoms with Crippen LogP contribution in [0.1, 0.15) is 44.9 Å². The zero-order valence-corrected chi connectivity index (χ0v) is 16.5. The van der Waals surface area contributed by atoms with Crippen LogP contribution in [-0.4, -0.2) is 30.9 Å². The van der Waals surface area contributed by atoms with Crippen LogP contribution in [-0.2, 0) is 9.59 Å². The van der Waals surface area contributed by atoms with Crippen molar-refractivity contribution in [2.75, 3.05) is 23.3 Å². The van der Waals surface area contributed by atoms with E-state index >= 15 is 0 Å². The third-order valence-electron chi connectivity index (χ3n) is 7.18. The van der Waals surface area contributed by atoms with E-state index in [0.29, 0.717) is 11.8 Å². The van der Waals surface area contributed by atoms with Gasteiger partial charge in [-0.1, -0.05) is 18.6 Å². The lowest BCUT2D eigenvalue weighted by Gasteiger charge is -2.43. The van der Waals surface area contributed by atoms with Crippen molar-refractivity contribution in [3.05, 3.63) is 24.3 Å². The fourth-order valence-corrected chi connectivity index (χ4v) is 5.50. The zero-order valence-electron chi connectivity index (χ0n) is 16.5. The molecule has 5 N–H and O–H groups in total. The Morgan fingerprint density at radius 3 is 2.25 bits per heavy atom. The van der Waals surface area contributed by atoms with Gasteiger partial charge in [0, 0.05) is 31.0 Å². The monoisotopic (exact) mass is 384 g/mol. The number of benzene rings is 1. The summed E-state index contributed by atoms with van der Waals surface area (Å²) >= 11 is 0. The number of carbonyl (C=O) groups excluding carboxylic acids is 2. The molecule has 2 amide bonds. The molecule has 2 bridgehead atoms. The fraction of sp³-hybridized carbons (Fsp3) is 0.636. The Morgan fingerprint density at radius 1 is 0.964 bits per heavy atom. The number of amides is 2. The third-order valence-corrected chi connectivity index (χ3v) is 7.18. The Balaban J connectivity index is 1.43. The lowest BCUT2D eigenvalue weighted by molar-refractivity contribution is -0.123. The van der Waals surface area contributed by atoms with E-state index < -0.39 is 0 Å². The van der Waals surface area contributed by atoms with Gasteiger partial charge in [-0.25, -0.2) is 0 Å². The first-order valence-electron chi connectivity index (χ1n) is 10.7. The molecule has 1 heterocycles. The molecule has 2 unspecified atom stereocenters. The van der Waals surface area contributed by atoms with Crippen molar-refractivity contribution in [1.29, 1.82) is 0 Å². The van der Waals surface area contributed by atoms with Crippen molar-refractivity contribution in [1.82, 2.24) is 0 Å². The van der Waals surface area contributed by atoms with Gasteiger partial charge >= 0.3 is 0 Å². The predicted molar refractivity (Wildman–Crippen MR) is 111 cm³/mol. The lowest BCUT2D eigenvalue weighted by atomic mass is 9.65. The molecule has 2 atom stereocenters. The molecule has 152 valence electrons. The number of piperidine rings is 1. The molecule has 1 saturated heterocycles. The van der Waals surface area contributed by atoms with Crippen molar-refractivity contribution >= 4 is 23.2 Å². The van der Waals surface area contributed by atoms with Gasteiger partial charge in [-0.15, -0.1) is 0 Å². The highest BCUT2D eigenvalue weighted by Gasteiger charge is 2.40. The van der Waals surface area contributed by atoms with Crippen LogP contribution >= 0.6 is 0 Å². The summed E-state index contributed by atoms with van der Waals surface area (Å²) in [6.45, 7) is 1.56. The van der Waals surface area contributed by atoms with E-state index in [4.69, 9.17) is 11.5 Å². The van der Waals surface area contributed by atoms with E-state index in [1.807, 2.05) is 24.3 Å². The van der Waals surface area contributed by atoms with Gasteiger partial charge in [0.1, 0.15) is 0 Å². The summed E-state index contributed by atoms with van der Waals surface area (Å²) in [6.07, 6.45) is 6.93. The van der Waals surface area contributed by atoms with Crippen LogP contribution in [0.15, 0.2) is 24.3 Å². The Hall–Kier alpha value is -2.08. The summed E-state index contributed by atoms with van der Waals surface area (Å²) in [5.41, 5.74) is 13.7. The molecule has 1 aromatic carbocycles. The summed E-state index contributed by atoms with van der Waals surface area (Å²) in [7, 11) is 0. The van der Waals surface area contributed by atoms with Gasteiger partial charge in [0.05, 0.1) is 11.4 Å². The van der Waals surface area contributed by atoms with E-state index in [-0.39, 0.29) is 29.7 Å². The number of hydrogen-bond acceptors (Lipinski definition) is 4. The van der Waals surface area contributed by atoms with Crippen LogP contribution < -0.4 is 21.7 Å². The van der Waals surface area contributed by atoms with Gasteiger partial charge in [0.2, 0.25) is 11.8 Å². The highest BCUT2D eigenvalue weighted by atomic mass is 16.2. The van der Waals surface area contributed by atoms with Crippen molar-refractivity contribution in [3.63, 3.8) is 0 Å². The molecule has 6 nitrogen and oxygen atoms in total. The molecular weight excluding hydrogens is 352 g/mol. The number of nitrogens with two attached hydrogens (primary N) is 2. The van der Waals surface area contributed by atoms with Crippen LogP contribution in [0.2, 0.25) is 0 Å². The molecule has 0 aromatic heterocycles. The first-order chi connectivity index (χ1) is 13.5. The number of hydrogen-bond donors (Lipinski definition) is 3. The van der Waals surface area contributed by atoms with Gasteiger partial charge in [0.15, 0.2) is 0 Å². The predicted octanol–water partition coefficient (Wildman–Crippen LogP) is 2.48. The maximum atomic E-state index is 13.1. The molecule has 3 fully saturated rings. The quantitative estimate of drug-likeness (QED) is 0.742. The maximum absolute atomic E-state index is 13.1. The zero-order chi connectivity index (χ0) is 19.7. The second-order valence-electron chi connectivity index (χ2n) is 8.87. The number of para-hydroxylation sites is 2. The smallest absolute Gasteiger partial charge is 0.227 e. The average molecular weight is 385 g/mol. The molecular formula is C22H32N4O2. The van der Waals surface area contributed by atoms with Crippen molar-refractivity contribution in [2.24, 2.45) is 35.1 Å². The van der Waals surface area contributed by atoms with Crippen LogP contribution in [0.4, 0.5) is 11.4 Å². The second kappa shape index (κ2) is 8.11. The maximum Gasteiger partial charge on any atom is 0.227 e. The largest absolute Gasteiger partial charge is 0.370 e. The summed E-state index contributed by atoms with van der Waals surface area (Å²) in [5, 5.41) is 3.20. The molecule has 2 saturated carbocycles. The number of carbonyl (C=O) groups is 2. The fourth-order valence-electron chi connectivity index (χ4n) is 5.50. The van der Waals surface area contributed by atoms with Gasteiger partial charge in [0.25, 0.3) is 0 Å². The first kappa shape index (κ1) is 19.2. The molecule has 1 aliphatic heterocycles. The molecule has 0 radical (unpaired) electrons. The Kier molecular flexibility index (Phi) is 5.58. The summed E-state index contributed by atoms with van der Waals surface area (Å²) < 4.78 is 0. The summed E-state index contributed by atoms with van der Waals surface area (Å²) in [5.74, 6) is 0.927. The number of nitrogens with one attached hydrogen (secondary N) is 1. The Labute approximate surface area is 167 Å². The molecule has 3 aliphatic rings. The lowest BCUT2D eigenvalue weighted by Crippen LogP contribution is -2.48. The number of anilines is 2. The molecule has 28 heavy (non-hydrogen) atoms. The minimum absolute atomic E-state index is 0.0381. The van der Waals surface area contributed by atoms with Crippen molar-refractivity contribution in [2.45, 2.75) is 51.0 Å². The highest BCUT2D eigenvalue weighted by molar-refractivity contribution is 5.96. The summed E-state index contributed by atoms with van der Waals surface area (Å²) in [6, 6.07) is 8.25. The number of rotatable bonds is 4. The van der Waals surface area contributed by atoms with E-state index in [9.17, 15) is 9.59 Å². The van der Waals surface area contributed by atoms with E-state index in [2.05, 4.69) is 10.2 Å². The van der Waals surface area contributed by atoms with Crippen molar-refractivity contribution < 1.29 is 9.59 Å². The average Bonchev–Trinajstić information content (AvgIpc) is 2.68. The van der Waals surface area contributed by atoms with Crippen molar-refractivity contribution in [3.8, 4) is 0 Å². The van der Waals surface area contributed by atoms with E-state index in [1.54, 1.807) is 0 Å². The normalized spacial score (nSPS) is 30.7. The molecule has 4 rings (SSSR count). The Bertz CT molecular complexity index is 715. The van der Waals surface area contributed by atoms with Gasteiger partial charge < -0.3 is 21.7 Å². The molecule has 2 aliphatic carbocycles. The minimum Gasteiger partial charge on any atom is -0.370 e. The standard InChI is InChI=1S/C22H32N4O2/c23-20-15-4-3-5-16(20)13-17(12-15)22(28)25-18-6-1-2-7-19(18)26-10-8-14(9-11-26)21(24)27/h1-2,6-7,14-17,20H,3-5,8-13,23H2,(H2,24,27)(H,25,28). The Morgan fingerprint density at radius 2 is 1.61 bits per heavy atom. The SMILES string of the molecule is NC(=O)C1CCN(c2ccccc2NC(=O)C2CC3CCCC(C2)C3N)CC1. The minimum atomic E-state index is -0.206. The topological polar surface area (TPSA) is 101 Å².